The van der Waals surface area contributed by atoms with Gasteiger partial charge < -0.3 is 11.1 Å². The van der Waals surface area contributed by atoms with E-state index in [1.807, 2.05) is 0 Å². The molecule has 4 amide bonds. The molecule has 154 valence electrons. The first-order valence-electron chi connectivity index (χ1n) is 9.54. The third-order valence-electron chi connectivity index (χ3n) is 6.05. The van der Waals surface area contributed by atoms with Gasteiger partial charge in [-0.25, -0.2) is 4.39 Å². The maximum atomic E-state index is 14.1. The van der Waals surface area contributed by atoms with Crippen molar-refractivity contribution in [3.8, 4) is 0 Å². The first-order valence-corrected chi connectivity index (χ1v) is 9.54. The molecule has 4 N–H and O–H groups in total. The van der Waals surface area contributed by atoms with Crippen LogP contribution in [0.5, 0.6) is 0 Å². The molecule has 29 heavy (non-hydrogen) atoms. The molecule has 0 saturated carbocycles. The molecule has 0 radical (unpaired) electrons. The summed E-state index contributed by atoms with van der Waals surface area (Å²) in [5.41, 5.74) is 3.62. The summed E-state index contributed by atoms with van der Waals surface area (Å²) in [7, 11) is 0. The number of hydrogen-bond donors (Lipinski definition) is 3. The smallest absolute Gasteiger partial charge is 0.250 e. The van der Waals surface area contributed by atoms with Gasteiger partial charge in [-0.3, -0.25) is 29.4 Å². The zero-order valence-corrected chi connectivity index (χ0v) is 16.4. The molecule has 4 rings (SSSR count). The summed E-state index contributed by atoms with van der Waals surface area (Å²) in [4.78, 5) is 52.4. The number of hydrogen-bond acceptors (Lipinski definition) is 5. The normalized spacial score (nSPS) is 30.7. The van der Waals surface area contributed by atoms with Crippen LogP contribution in [0.2, 0.25) is 0 Å². The van der Waals surface area contributed by atoms with E-state index in [4.69, 9.17) is 5.73 Å². The first-order chi connectivity index (χ1) is 13.5. The van der Waals surface area contributed by atoms with Gasteiger partial charge in [0.05, 0.1) is 11.8 Å². The number of nitrogens with one attached hydrogen (secondary N) is 2. The van der Waals surface area contributed by atoms with Gasteiger partial charge in [-0.2, -0.15) is 0 Å². The van der Waals surface area contributed by atoms with Crippen LogP contribution in [0.15, 0.2) is 18.2 Å². The molecule has 3 aliphatic heterocycles. The highest BCUT2D eigenvalue weighted by Gasteiger charge is 2.71. The van der Waals surface area contributed by atoms with Gasteiger partial charge in [-0.1, -0.05) is 0 Å². The average molecular weight is 402 g/mol. The van der Waals surface area contributed by atoms with Crippen LogP contribution < -0.4 is 16.4 Å². The van der Waals surface area contributed by atoms with Crippen LogP contribution in [-0.4, -0.2) is 40.1 Å². The molecule has 9 heteroatoms. The Bertz CT molecular complexity index is 956. The summed E-state index contributed by atoms with van der Waals surface area (Å²) in [5.74, 6) is -4.36. The molecule has 0 aliphatic carbocycles. The Balaban J connectivity index is 1.88. The first kappa shape index (κ1) is 19.5. The number of benzene rings is 1. The average Bonchev–Trinajstić information content (AvgIpc) is 3.18. The van der Waals surface area contributed by atoms with Crippen molar-refractivity contribution in [2.24, 2.45) is 17.6 Å². The van der Waals surface area contributed by atoms with Crippen molar-refractivity contribution in [1.82, 2.24) is 10.2 Å². The van der Waals surface area contributed by atoms with E-state index in [1.54, 1.807) is 20.8 Å². The highest BCUT2D eigenvalue weighted by molar-refractivity contribution is 6.15. The van der Waals surface area contributed by atoms with E-state index in [0.717, 1.165) is 0 Å². The minimum absolute atomic E-state index is 0.00835. The summed E-state index contributed by atoms with van der Waals surface area (Å²) < 4.78 is 14.1. The maximum Gasteiger partial charge on any atom is 0.250 e. The zero-order valence-electron chi connectivity index (χ0n) is 16.4. The Morgan fingerprint density at radius 2 is 1.93 bits per heavy atom. The fourth-order valence-corrected chi connectivity index (χ4v) is 4.98. The van der Waals surface area contributed by atoms with Crippen molar-refractivity contribution in [3.05, 3.63) is 29.6 Å². The molecule has 3 aliphatic rings. The van der Waals surface area contributed by atoms with Gasteiger partial charge in [-0.05, 0) is 45.4 Å². The largest absolute Gasteiger partial charge is 0.370 e. The number of primary amides is 1. The molecule has 0 bridgehead atoms. The molecule has 1 aromatic carbocycles. The number of halogens is 1. The van der Waals surface area contributed by atoms with Gasteiger partial charge in [0.25, 0.3) is 0 Å². The second-order valence-electron chi connectivity index (χ2n) is 8.89. The summed E-state index contributed by atoms with van der Waals surface area (Å²) in [6.45, 7) is 5.22. The summed E-state index contributed by atoms with van der Waals surface area (Å²) in [6.07, 6.45) is 0.179. The highest BCUT2D eigenvalue weighted by Crippen LogP contribution is 2.54. The number of nitrogens with two attached hydrogens (primary N) is 1. The number of fused-ring (bicyclic) bond motifs is 4. The molecule has 0 unspecified atom stereocenters. The minimum Gasteiger partial charge on any atom is -0.370 e. The standard InChI is InChI=1S/C20H23FN4O4/c1-19(2,3)25-16(27)14-12(6-7-13(22)26)24-20(15(14)17(25)28)10-8-9(21)4-5-11(10)23-18(20)29/h4-5,8,12,14-15,24H,6-7H2,1-3H3,(H2,22,26)(H,23,29)/t12-,14+,15-,20-/m0/s1. The molecule has 1 aromatic rings. The molecule has 3 heterocycles. The quantitative estimate of drug-likeness (QED) is 0.640. The molecule has 0 aromatic heterocycles. The topological polar surface area (TPSA) is 122 Å². The number of anilines is 1. The minimum atomic E-state index is -1.57. The van der Waals surface area contributed by atoms with Gasteiger partial charge >= 0.3 is 0 Å². The number of likely N-dealkylation sites (tertiary alicyclic amines) is 1. The van der Waals surface area contributed by atoms with Gasteiger partial charge in [-0.15, -0.1) is 0 Å². The van der Waals surface area contributed by atoms with E-state index in [1.165, 1.54) is 23.1 Å². The van der Waals surface area contributed by atoms with Crippen molar-refractivity contribution in [2.75, 3.05) is 5.32 Å². The van der Waals surface area contributed by atoms with Crippen molar-refractivity contribution < 1.29 is 23.6 Å². The van der Waals surface area contributed by atoms with Crippen LogP contribution in [0.1, 0.15) is 39.2 Å². The fraction of sp³-hybridized carbons (Fsp3) is 0.500. The molecule has 8 nitrogen and oxygen atoms in total. The van der Waals surface area contributed by atoms with E-state index < -0.39 is 58.4 Å². The number of carbonyl (C=O) groups is 4. The second-order valence-corrected chi connectivity index (χ2v) is 8.89. The maximum absolute atomic E-state index is 14.1. The van der Waals surface area contributed by atoms with Crippen LogP contribution in [-0.2, 0) is 24.7 Å². The molecule has 4 atom stereocenters. The Morgan fingerprint density at radius 1 is 1.24 bits per heavy atom. The lowest BCUT2D eigenvalue weighted by molar-refractivity contribution is -0.148. The SMILES string of the molecule is CC(C)(C)N1C(=O)[C@@H]2[C@H](CCC(N)=O)N[C@]3(C(=O)Nc4ccc(F)cc43)[C@@H]2C1=O. The summed E-state index contributed by atoms with van der Waals surface area (Å²) in [5, 5.41) is 5.84. The van der Waals surface area contributed by atoms with Crippen molar-refractivity contribution >= 4 is 29.3 Å². The van der Waals surface area contributed by atoms with Crippen molar-refractivity contribution in [1.29, 1.82) is 0 Å². The van der Waals surface area contributed by atoms with Crippen molar-refractivity contribution in [2.45, 2.75) is 50.7 Å². The lowest BCUT2D eigenvalue weighted by Gasteiger charge is -2.34. The predicted octanol–water partition coefficient (Wildman–Crippen LogP) is 0.610. The van der Waals surface area contributed by atoms with E-state index in [9.17, 15) is 23.6 Å². The van der Waals surface area contributed by atoms with E-state index in [-0.39, 0.29) is 12.8 Å². The predicted molar refractivity (Wildman–Crippen MR) is 101 cm³/mol. The van der Waals surface area contributed by atoms with Crippen LogP contribution in [0, 0.1) is 17.7 Å². The number of carbonyl (C=O) groups excluding carboxylic acids is 4. The van der Waals surface area contributed by atoms with Crippen molar-refractivity contribution in [3.63, 3.8) is 0 Å². The van der Waals surface area contributed by atoms with Crippen LogP contribution in [0.3, 0.4) is 0 Å². The summed E-state index contributed by atoms with van der Waals surface area (Å²) in [6, 6.07) is 3.24. The lowest BCUT2D eigenvalue weighted by Crippen LogP contribution is -2.55. The molecular formula is C20H23FN4O4. The van der Waals surface area contributed by atoms with E-state index >= 15 is 0 Å². The third kappa shape index (κ3) is 2.60. The Kier molecular flexibility index (Phi) is 4.10. The Labute approximate surface area is 167 Å². The monoisotopic (exact) mass is 402 g/mol. The third-order valence-corrected chi connectivity index (χ3v) is 6.05. The Hall–Kier alpha value is -2.81. The molecule has 2 fully saturated rings. The van der Waals surface area contributed by atoms with Crippen LogP contribution in [0.4, 0.5) is 10.1 Å². The van der Waals surface area contributed by atoms with Crippen LogP contribution >= 0.6 is 0 Å². The van der Waals surface area contributed by atoms with Gasteiger partial charge in [0.2, 0.25) is 23.6 Å². The van der Waals surface area contributed by atoms with Gasteiger partial charge in [0.1, 0.15) is 11.4 Å². The number of rotatable bonds is 3. The van der Waals surface area contributed by atoms with Crippen LogP contribution in [0.25, 0.3) is 0 Å². The molecule has 2 saturated heterocycles. The lowest BCUT2D eigenvalue weighted by atomic mass is 9.76. The number of amides is 4. The number of imide groups is 1. The molecule has 1 spiro atoms. The Morgan fingerprint density at radius 3 is 2.55 bits per heavy atom. The molecular weight excluding hydrogens is 379 g/mol. The summed E-state index contributed by atoms with van der Waals surface area (Å²) >= 11 is 0. The number of nitrogens with zero attached hydrogens (tertiary/aromatic N) is 1. The van der Waals surface area contributed by atoms with E-state index in [0.29, 0.717) is 11.3 Å². The second kappa shape index (κ2) is 6.09. The zero-order chi connectivity index (χ0) is 21.3. The van der Waals surface area contributed by atoms with Gasteiger partial charge in [0, 0.05) is 29.3 Å². The highest BCUT2D eigenvalue weighted by atomic mass is 19.1. The van der Waals surface area contributed by atoms with E-state index in [2.05, 4.69) is 10.6 Å². The fourth-order valence-electron chi connectivity index (χ4n) is 4.98. The van der Waals surface area contributed by atoms with Gasteiger partial charge in [0.15, 0.2) is 0 Å².